The second-order valence-electron chi connectivity index (χ2n) is 5.52. The van der Waals surface area contributed by atoms with Crippen molar-refractivity contribution >= 4 is 29.0 Å². The van der Waals surface area contributed by atoms with E-state index in [0.717, 1.165) is 31.7 Å². The number of nitrogens with zero attached hydrogens (tertiary/aromatic N) is 3. The van der Waals surface area contributed by atoms with Gasteiger partial charge < -0.3 is 16.0 Å². The van der Waals surface area contributed by atoms with Gasteiger partial charge >= 0.3 is 0 Å². The SMILES string of the molecule is Cc1nc(Cl)nc(N2CCC3NC(=O)CCC3C2)c1N. The zero-order valence-corrected chi connectivity index (χ0v) is 12.2. The summed E-state index contributed by atoms with van der Waals surface area (Å²) in [6.45, 7) is 3.50. The van der Waals surface area contributed by atoms with Gasteiger partial charge in [-0.1, -0.05) is 0 Å². The molecule has 0 radical (unpaired) electrons. The van der Waals surface area contributed by atoms with Crippen molar-refractivity contribution in [1.82, 2.24) is 15.3 Å². The number of fused-ring (bicyclic) bond motifs is 1. The molecular weight excluding hydrogens is 278 g/mol. The van der Waals surface area contributed by atoms with E-state index >= 15 is 0 Å². The molecule has 0 aliphatic carbocycles. The molecule has 6 nitrogen and oxygen atoms in total. The molecule has 2 aliphatic rings. The fourth-order valence-electron chi connectivity index (χ4n) is 3.08. The summed E-state index contributed by atoms with van der Waals surface area (Å²) >= 11 is 5.94. The van der Waals surface area contributed by atoms with Crippen molar-refractivity contribution in [2.24, 2.45) is 5.92 Å². The van der Waals surface area contributed by atoms with Crippen molar-refractivity contribution in [2.45, 2.75) is 32.2 Å². The highest BCUT2D eigenvalue weighted by molar-refractivity contribution is 6.28. The average molecular weight is 296 g/mol. The number of nitrogens with two attached hydrogens (primary N) is 1. The number of anilines is 2. The summed E-state index contributed by atoms with van der Waals surface area (Å²) in [7, 11) is 0. The van der Waals surface area contributed by atoms with E-state index in [9.17, 15) is 4.79 Å². The van der Waals surface area contributed by atoms with Gasteiger partial charge in [0.25, 0.3) is 0 Å². The Hall–Kier alpha value is -1.56. The molecule has 3 N–H and O–H groups in total. The first kappa shape index (κ1) is 13.4. The predicted octanol–water partition coefficient (Wildman–Crippen LogP) is 1.13. The van der Waals surface area contributed by atoms with Gasteiger partial charge in [0.1, 0.15) is 0 Å². The summed E-state index contributed by atoms with van der Waals surface area (Å²) in [5.41, 5.74) is 7.38. The van der Waals surface area contributed by atoms with Crippen LogP contribution in [0.1, 0.15) is 25.0 Å². The van der Waals surface area contributed by atoms with Crippen LogP contribution in [0.25, 0.3) is 0 Å². The molecule has 1 aromatic heterocycles. The Morgan fingerprint density at radius 3 is 3.00 bits per heavy atom. The third kappa shape index (κ3) is 2.40. The quantitative estimate of drug-likeness (QED) is 0.759. The second-order valence-corrected chi connectivity index (χ2v) is 5.86. The maximum Gasteiger partial charge on any atom is 0.224 e. The minimum absolute atomic E-state index is 0.167. The Labute approximate surface area is 122 Å². The summed E-state index contributed by atoms with van der Waals surface area (Å²) in [6.07, 6.45) is 2.44. The van der Waals surface area contributed by atoms with E-state index < -0.39 is 0 Å². The highest BCUT2D eigenvalue weighted by Crippen LogP contribution is 2.31. The molecule has 2 unspecified atom stereocenters. The second kappa shape index (κ2) is 5.09. The third-order valence-electron chi connectivity index (χ3n) is 4.21. The van der Waals surface area contributed by atoms with E-state index in [1.54, 1.807) is 0 Å². The number of hydrogen-bond acceptors (Lipinski definition) is 5. The first-order valence-electron chi connectivity index (χ1n) is 6.88. The van der Waals surface area contributed by atoms with Crippen LogP contribution in [-0.2, 0) is 4.79 Å². The van der Waals surface area contributed by atoms with Gasteiger partial charge in [0.05, 0.1) is 11.4 Å². The molecule has 2 fully saturated rings. The topological polar surface area (TPSA) is 84.1 Å². The molecule has 3 rings (SSSR count). The standard InChI is InChI=1S/C13H18ClN5O/c1-7-11(15)12(18-13(14)16-7)19-5-4-9-8(6-19)2-3-10(20)17-9/h8-9H,2-6,15H2,1H3,(H,17,20). The van der Waals surface area contributed by atoms with Gasteiger partial charge in [-0.25, -0.2) is 4.98 Å². The van der Waals surface area contributed by atoms with E-state index in [0.29, 0.717) is 23.7 Å². The van der Waals surface area contributed by atoms with Crippen LogP contribution in [0.4, 0.5) is 11.5 Å². The fraction of sp³-hybridized carbons (Fsp3) is 0.615. The molecule has 2 aliphatic heterocycles. The molecule has 7 heteroatoms. The summed E-state index contributed by atoms with van der Waals surface area (Å²) in [6, 6.07) is 0.284. The van der Waals surface area contributed by atoms with Crippen LogP contribution < -0.4 is 16.0 Å². The predicted molar refractivity (Wildman–Crippen MR) is 77.7 cm³/mol. The van der Waals surface area contributed by atoms with Crippen molar-refractivity contribution in [2.75, 3.05) is 23.7 Å². The summed E-state index contributed by atoms with van der Waals surface area (Å²) in [4.78, 5) is 21.9. The first-order chi connectivity index (χ1) is 9.54. The highest BCUT2D eigenvalue weighted by atomic mass is 35.5. The van der Waals surface area contributed by atoms with Crippen LogP contribution in [0.5, 0.6) is 0 Å². The van der Waals surface area contributed by atoms with Crippen LogP contribution in [-0.4, -0.2) is 35.0 Å². The lowest BCUT2D eigenvalue weighted by molar-refractivity contribution is -0.124. The molecule has 20 heavy (non-hydrogen) atoms. The number of carbonyl (C=O) groups is 1. The lowest BCUT2D eigenvalue weighted by Gasteiger charge is -2.42. The number of rotatable bonds is 1. The number of carbonyl (C=O) groups excluding carboxylic acids is 1. The van der Waals surface area contributed by atoms with Crippen LogP contribution in [0.3, 0.4) is 0 Å². The lowest BCUT2D eigenvalue weighted by Crippen LogP contribution is -2.54. The van der Waals surface area contributed by atoms with Crippen LogP contribution >= 0.6 is 11.6 Å². The number of nitrogens with one attached hydrogen (secondary N) is 1. The van der Waals surface area contributed by atoms with Gasteiger partial charge in [-0.05, 0) is 37.3 Å². The molecule has 0 aromatic carbocycles. The van der Waals surface area contributed by atoms with Crippen molar-refractivity contribution in [3.05, 3.63) is 11.0 Å². The minimum Gasteiger partial charge on any atom is -0.394 e. The van der Waals surface area contributed by atoms with Gasteiger partial charge in [-0.3, -0.25) is 4.79 Å². The van der Waals surface area contributed by atoms with E-state index in [1.165, 1.54) is 0 Å². The fourth-order valence-corrected chi connectivity index (χ4v) is 3.28. The largest absolute Gasteiger partial charge is 0.394 e. The number of halogens is 1. The smallest absolute Gasteiger partial charge is 0.224 e. The van der Waals surface area contributed by atoms with E-state index in [4.69, 9.17) is 17.3 Å². The van der Waals surface area contributed by atoms with Crippen LogP contribution in [0, 0.1) is 12.8 Å². The summed E-state index contributed by atoms with van der Waals surface area (Å²) < 4.78 is 0. The van der Waals surface area contributed by atoms with E-state index in [2.05, 4.69) is 20.2 Å². The highest BCUT2D eigenvalue weighted by Gasteiger charge is 2.34. The normalized spacial score (nSPS) is 26.1. The Kier molecular flexibility index (Phi) is 3.41. The molecule has 1 amide bonds. The molecule has 108 valence electrons. The van der Waals surface area contributed by atoms with Crippen molar-refractivity contribution in [3.63, 3.8) is 0 Å². The third-order valence-corrected chi connectivity index (χ3v) is 4.38. The van der Waals surface area contributed by atoms with Gasteiger partial charge in [0, 0.05) is 25.6 Å². The van der Waals surface area contributed by atoms with Gasteiger partial charge in [-0.15, -0.1) is 0 Å². The summed E-state index contributed by atoms with van der Waals surface area (Å²) in [5.74, 6) is 1.34. The number of aryl methyl sites for hydroxylation is 1. The van der Waals surface area contributed by atoms with Crippen molar-refractivity contribution in [1.29, 1.82) is 0 Å². The maximum atomic E-state index is 11.4. The van der Waals surface area contributed by atoms with Crippen molar-refractivity contribution in [3.8, 4) is 0 Å². The molecular formula is C13H18ClN5O. The molecule has 0 saturated carbocycles. The van der Waals surface area contributed by atoms with Gasteiger partial charge in [0.15, 0.2) is 5.82 Å². The van der Waals surface area contributed by atoms with E-state index in [-0.39, 0.29) is 17.2 Å². The van der Waals surface area contributed by atoms with Gasteiger partial charge in [-0.2, -0.15) is 4.98 Å². The van der Waals surface area contributed by atoms with E-state index in [1.807, 2.05) is 6.92 Å². The molecule has 2 saturated heterocycles. The van der Waals surface area contributed by atoms with Gasteiger partial charge in [0.2, 0.25) is 11.2 Å². The number of nitrogen functional groups attached to an aromatic ring is 1. The lowest BCUT2D eigenvalue weighted by atomic mass is 9.85. The average Bonchev–Trinajstić information content (AvgIpc) is 2.42. The zero-order chi connectivity index (χ0) is 14.3. The van der Waals surface area contributed by atoms with Crippen molar-refractivity contribution < 1.29 is 4.79 Å². The summed E-state index contributed by atoms with van der Waals surface area (Å²) in [5, 5.41) is 3.30. The Balaban J connectivity index is 1.81. The zero-order valence-electron chi connectivity index (χ0n) is 11.4. The molecule has 1 aromatic rings. The number of piperidine rings is 2. The molecule has 3 heterocycles. The Morgan fingerprint density at radius 1 is 1.40 bits per heavy atom. The maximum absolute atomic E-state index is 11.4. The first-order valence-corrected chi connectivity index (χ1v) is 7.26. The monoisotopic (exact) mass is 295 g/mol. The number of hydrogen-bond donors (Lipinski definition) is 2. The molecule has 0 bridgehead atoms. The minimum atomic E-state index is 0.167. The Bertz CT molecular complexity index is 550. The number of aromatic nitrogens is 2. The van der Waals surface area contributed by atoms with Crippen LogP contribution in [0.2, 0.25) is 5.28 Å². The molecule has 0 spiro atoms. The Morgan fingerprint density at radius 2 is 2.20 bits per heavy atom. The molecule has 2 atom stereocenters. The van der Waals surface area contributed by atoms with Crippen LogP contribution in [0.15, 0.2) is 0 Å². The number of amides is 1.